The number of aliphatic hydroxyl groups is 1. The third-order valence-electron chi connectivity index (χ3n) is 3.46. The Morgan fingerprint density at radius 1 is 1.33 bits per heavy atom. The molecule has 0 aromatic carbocycles. The maximum Gasteiger partial charge on any atom is 0.114 e. The molecule has 1 aromatic rings. The van der Waals surface area contributed by atoms with Gasteiger partial charge in [0.05, 0.1) is 4.47 Å². The molecular formula is C12H21BrN2O2Si. The molecular weight excluding hydrogens is 312 g/mol. The summed E-state index contributed by atoms with van der Waals surface area (Å²) in [4.78, 5) is 0. The van der Waals surface area contributed by atoms with Crippen LogP contribution in [0.15, 0.2) is 4.47 Å². The van der Waals surface area contributed by atoms with E-state index < -0.39 is 13.7 Å². The van der Waals surface area contributed by atoms with Crippen LogP contribution in [0.4, 0.5) is 0 Å². The highest BCUT2D eigenvalue weighted by atomic mass is 79.9. The molecule has 4 nitrogen and oxygen atoms in total. The lowest BCUT2D eigenvalue weighted by Crippen LogP contribution is -2.43. The molecule has 0 aliphatic carbocycles. The van der Waals surface area contributed by atoms with E-state index in [1.54, 1.807) is 0 Å². The SMILES string of the molecule is Cn1nc(C2(O)CCOCC2)c(Br)c1[Si](C)(C)C. The molecule has 102 valence electrons. The number of ether oxygens (including phenoxy) is 1. The second-order valence-electron chi connectivity index (χ2n) is 6.03. The predicted octanol–water partition coefficient (Wildman–Crippen LogP) is 1.73. The Kier molecular flexibility index (Phi) is 3.75. The monoisotopic (exact) mass is 332 g/mol. The largest absolute Gasteiger partial charge is 0.383 e. The van der Waals surface area contributed by atoms with E-state index >= 15 is 0 Å². The Hall–Kier alpha value is -0.173. The van der Waals surface area contributed by atoms with Gasteiger partial charge in [0.25, 0.3) is 0 Å². The predicted molar refractivity (Wildman–Crippen MR) is 77.8 cm³/mol. The number of aromatic nitrogens is 2. The Bertz CT molecular complexity index is 448. The molecule has 2 heterocycles. The van der Waals surface area contributed by atoms with E-state index in [1.807, 2.05) is 11.7 Å². The Morgan fingerprint density at radius 2 is 1.89 bits per heavy atom. The highest BCUT2D eigenvalue weighted by Gasteiger charge is 2.39. The summed E-state index contributed by atoms with van der Waals surface area (Å²) < 4.78 is 8.25. The zero-order chi connectivity index (χ0) is 13.6. The lowest BCUT2D eigenvalue weighted by Gasteiger charge is -2.30. The van der Waals surface area contributed by atoms with Gasteiger partial charge in [-0.2, -0.15) is 5.10 Å². The minimum absolute atomic E-state index is 0.599. The van der Waals surface area contributed by atoms with Gasteiger partial charge in [0.15, 0.2) is 0 Å². The highest BCUT2D eigenvalue weighted by Crippen LogP contribution is 2.35. The zero-order valence-electron chi connectivity index (χ0n) is 11.5. The van der Waals surface area contributed by atoms with Crippen molar-refractivity contribution < 1.29 is 9.84 Å². The number of aryl methyl sites for hydroxylation is 1. The highest BCUT2D eigenvalue weighted by molar-refractivity contribution is 9.10. The van der Waals surface area contributed by atoms with Crippen LogP contribution in [-0.2, 0) is 17.4 Å². The van der Waals surface area contributed by atoms with Crippen molar-refractivity contribution in [2.45, 2.75) is 38.1 Å². The minimum Gasteiger partial charge on any atom is -0.383 e. The minimum atomic E-state index is -1.49. The lowest BCUT2D eigenvalue weighted by atomic mass is 9.91. The lowest BCUT2D eigenvalue weighted by molar-refractivity contribution is -0.0712. The van der Waals surface area contributed by atoms with Crippen molar-refractivity contribution in [1.29, 1.82) is 0 Å². The van der Waals surface area contributed by atoms with Crippen molar-refractivity contribution in [2.24, 2.45) is 7.05 Å². The molecule has 0 spiro atoms. The van der Waals surface area contributed by atoms with Crippen LogP contribution in [0.25, 0.3) is 0 Å². The first-order valence-electron chi connectivity index (χ1n) is 6.29. The van der Waals surface area contributed by atoms with Gasteiger partial charge in [0.2, 0.25) is 0 Å². The fourth-order valence-corrected chi connectivity index (χ4v) is 6.84. The number of halogens is 1. The van der Waals surface area contributed by atoms with Crippen LogP contribution < -0.4 is 5.32 Å². The molecule has 0 radical (unpaired) electrons. The maximum atomic E-state index is 10.8. The standard InChI is InChI=1S/C12H21BrN2O2Si/c1-15-11(18(2,3)4)9(13)10(14-15)12(16)5-7-17-8-6-12/h16H,5-8H2,1-4H3. The van der Waals surface area contributed by atoms with Gasteiger partial charge >= 0.3 is 0 Å². The van der Waals surface area contributed by atoms with Gasteiger partial charge in [0.1, 0.15) is 19.4 Å². The molecule has 1 aliphatic heterocycles. The van der Waals surface area contributed by atoms with Gasteiger partial charge in [-0.05, 0) is 15.9 Å². The van der Waals surface area contributed by atoms with E-state index in [0.717, 1.165) is 10.2 Å². The van der Waals surface area contributed by atoms with Crippen molar-refractivity contribution >= 4 is 29.3 Å². The summed E-state index contributed by atoms with van der Waals surface area (Å²) in [6, 6.07) is 0. The first-order chi connectivity index (χ1) is 8.26. The van der Waals surface area contributed by atoms with E-state index in [4.69, 9.17) is 4.74 Å². The van der Waals surface area contributed by atoms with Crippen molar-refractivity contribution in [3.63, 3.8) is 0 Å². The molecule has 1 aliphatic rings. The molecule has 1 aromatic heterocycles. The molecule has 0 amide bonds. The molecule has 1 fully saturated rings. The number of nitrogens with zero attached hydrogens (tertiary/aromatic N) is 2. The maximum absolute atomic E-state index is 10.8. The first-order valence-corrected chi connectivity index (χ1v) is 10.6. The molecule has 0 bridgehead atoms. The topological polar surface area (TPSA) is 47.3 Å². The van der Waals surface area contributed by atoms with Gasteiger partial charge in [-0.1, -0.05) is 19.6 Å². The molecule has 18 heavy (non-hydrogen) atoms. The van der Waals surface area contributed by atoms with Crippen LogP contribution in [-0.4, -0.2) is 36.2 Å². The summed E-state index contributed by atoms with van der Waals surface area (Å²) in [5.74, 6) is 0. The normalized spacial score (nSPS) is 20.1. The van der Waals surface area contributed by atoms with E-state index in [2.05, 4.69) is 40.7 Å². The number of rotatable bonds is 2. The third-order valence-corrected chi connectivity index (χ3v) is 6.57. The third kappa shape index (κ3) is 2.43. The molecule has 0 atom stereocenters. The summed E-state index contributed by atoms with van der Waals surface area (Å²) in [5.41, 5.74) is -0.0575. The first kappa shape index (κ1) is 14.2. The van der Waals surface area contributed by atoms with Crippen LogP contribution in [0.2, 0.25) is 19.6 Å². The summed E-state index contributed by atoms with van der Waals surface area (Å²) in [5, 5.41) is 16.6. The fourth-order valence-electron chi connectivity index (χ4n) is 2.56. The van der Waals surface area contributed by atoms with Crippen molar-refractivity contribution in [2.75, 3.05) is 13.2 Å². The molecule has 6 heteroatoms. The molecule has 1 N–H and O–H groups in total. The van der Waals surface area contributed by atoms with E-state index in [9.17, 15) is 5.11 Å². The van der Waals surface area contributed by atoms with Crippen LogP contribution in [0.5, 0.6) is 0 Å². The van der Waals surface area contributed by atoms with Gasteiger partial charge in [-0.25, -0.2) is 0 Å². The van der Waals surface area contributed by atoms with Gasteiger partial charge in [-0.3, -0.25) is 4.68 Å². The fraction of sp³-hybridized carbons (Fsp3) is 0.750. The van der Waals surface area contributed by atoms with Gasteiger partial charge in [0, 0.05) is 38.4 Å². The summed E-state index contributed by atoms with van der Waals surface area (Å²) in [7, 11) is 0.476. The van der Waals surface area contributed by atoms with Crippen molar-refractivity contribution in [3.8, 4) is 0 Å². The van der Waals surface area contributed by atoms with Crippen LogP contribution >= 0.6 is 15.9 Å². The quantitative estimate of drug-likeness (QED) is 0.839. The summed E-state index contributed by atoms with van der Waals surface area (Å²) in [6.07, 6.45) is 1.24. The van der Waals surface area contributed by atoms with Gasteiger partial charge < -0.3 is 9.84 Å². The Balaban J connectivity index is 2.47. The smallest absolute Gasteiger partial charge is 0.114 e. The second-order valence-corrected chi connectivity index (χ2v) is 11.8. The van der Waals surface area contributed by atoms with E-state index in [0.29, 0.717) is 26.1 Å². The number of hydrogen-bond acceptors (Lipinski definition) is 3. The molecule has 2 rings (SSSR count). The van der Waals surface area contributed by atoms with Crippen LogP contribution in [0, 0.1) is 0 Å². The molecule has 1 saturated heterocycles. The zero-order valence-corrected chi connectivity index (χ0v) is 14.0. The average molecular weight is 333 g/mol. The Labute approximate surface area is 117 Å². The van der Waals surface area contributed by atoms with Gasteiger partial charge in [-0.15, -0.1) is 0 Å². The van der Waals surface area contributed by atoms with Crippen molar-refractivity contribution in [3.05, 3.63) is 10.2 Å². The summed E-state index contributed by atoms with van der Waals surface area (Å²) in [6.45, 7) is 8.05. The summed E-state index contributed by atoms with van der Waals surface area (Å²) >= 11 is 3.66. The van der Waals surface area contributed by atoms with Crippen molar-refractivity contribution in [1.82, 2.24) is 9.78 Å². The molecule has 0 saturated carbocycles. The van der Waals surface area contributed by atoms with Crippen LogP contribution in [0.1, 0.15) is 18.5 Å². The van der Waals surface area contributed by atoms with E-state index in [-0.39, 0.29) is 0 Å². The average Bonchev–Trinajstić information content (AvgIpc) is 2.55. The van der Waals surface area contributed by atoms with Crippen LogP contribution in [0.3, 0.4) is 0 Å². The number of hydrogen-bond donors (Lipinski definition) is 1. The Morgan fingerprint density at radius 3 is 2.33 bits per heavy atom. The molecule has 0 unspecified atom stereocenters. The second kappa shape index (κ2) is 4.74. The van der Waals surface area contributed by atoms with E-state index in [1.165, 1.54) is 5.32 Å².